The van der Waals surface area contributed by atoms with Crippen molar-refractivity contribution in [1.29, 1.82) is 0 Å². The van der Waals surface area contributed by atoms with Crippen LogP contribution in [0.25, 0.3) is 0 Å². The third kappa shape index (κ3) is 4.57. The van der Waals surface area contributed by atoms with E-state index in [9.17, 15) is 23.1 Å². The molecule has 4 aliphatic rings. The van der Waals surface area contributed by atoms with Crippen LogP contribution in [0.5, 0.6) is 0 Å². The summed E-state index contributed by atoms with van der Waals surface area (Å²) in [6, 6.07) is 0.0599. The fourth-order valence-electron chi connectivity index (χ4n) is 5.97. The van der Waals surface area contributed by atoms with Crippen molar-refractivity contribution >= 4 is 5.91 Å². The number of hydrogen-bond acceptors (Lipinski definition) is 5. The number of amides is 1. The van der Waals surface area contributed by atoms with Gasteiger partial charge in [0.15, 0.2) is 6.23 Å². The largest absolute Gasteiger partial charge is 0.396 e. The van der Waals surface area contributed by atoms with Gasteiger partial charge in [-0.05, 0) is 75.0 Å². The number of alkyl halides is 3. The summed E-state index contributed by atoms with van der Waals surface area (Å²) in [5.41, 5.74) is 2.72. The Morgan fingerprint density at radius 2 is 1.90 bits per heavy atom. The van der Waals surface area contributed by atoms with Crippen molar-refractivity contribution in [2.75, 3.05) is 6.61 Å². The second kappa shape index (κ2) is 9.08. The molecule has 9 heteroatoms. The highest BCUT2D eigenvalue weighted by Gasteiger charge is 2.45. The van der Waals surface area contributed by atoms with E-state index < -0.39 is 24.7 Å². The first-order valence-electron chi connectivity index (χ1n) is 11.0. The van der Waals surface area contributed by atoms with Crippen molar-refractivity contribution in [3.8, 4) is 0 Å². The standard InChI is InChI=1S/C20H32F3N3O3/c21-15-5-1-10(9-27)7-14(15)19(28)24-16-6-3-11-8-12(2-4-13(11)16)18-25-20(17(22)23)29-26-18/h10-18,20,25-27H,1-9H2,(H,24,28)/t10?,11?,12?,13?,14?,15?,16-,18?,20?/m1/s1. The molecule has 0 spiro atoms. The van der Waals surface area contributed by atoms with Gasteiger partial charge >= 0.3 is 0 Å². The van der Waals surface area contributed by atoms with Crippen LogP contribution in [-0.4, -0.2) is 48.7 Å². The molecule has 3 saturated carbocycles. The third-order valence-electron chi connectivity index (χ3n) is 7.61. The molecule has 0 aromatic rings. The lowest BCUT2D eigenvalue weighted by molar-refractivity contribution is -0.130. The van der Waals surface area contributed by atoms with Crippen LogP contribution in [0.4, 0.5) is 13.2 Å². The molecule has 6 nitrogen and oxygen atoms in total. The lowest BCUT2D eigenvalue weighted by atomic mass is 9.73. The molecule has 1 heterocycles. The zero-order valence-corrected chi connectivity index (χ0v) is 16.5. The Kier molecular flexibility index (Phi) is 6.68. The molecule has 0 aromatic carbocycles. The van der Waals surface area contributed by atoms with Crippen molar-refractivity contribution in [1.82, 2.24) is 16.1 Å². The minimum atomic E-state index is -2.57. The van der Waals surface area contributed by atoms with Crippen molar-refractivity contribution in [2.45, 2.75) is 82.4 Å². The quantitative estimate of drug-likeness (QED) is 0.549. The van der Waals surface area contributed by atoms with Gasteiger partial charge in [-0.3, -0.25) is 14.9 Å². The molecule has 4 fully saturated rings. The van der Waals surface area contributed by atoms with Gasteiger partial charge in [0.25, 0.3) is 6.43 Å². The van der Waals surface area contributed by atoms with Crippen LogP contribution in [0.3, 0.4) is 0 Å². The summed E-state index contributed by atoms with van der Waals surface area (Å²) >= 11 is 0. The van der Waals surface area contributed by atoms with Crippen LogP contribution in [0.15, 0.2) is 0 Å². The molecular weight excluding hydrogens is 387 g/mol. The lowest BCUT2D eigenvalue weighted by Gasteiger charge is -2.37. The molecule has 0 radical (unpaired) electrons. The molecule has 4 rings (SSSR count). The topological polar surface area (TPSA) is 82.6 Å². The number of hydroxylamine groups is 1. The van der Waals surface area contributed by atoms with Crippen molar-refractivity contribution in [2.24, 2.45) is 29.6 Å². The fraction of sp³-hybridized carbons (Fsp3) is 0.950. The zero-order chi connectivity index (χ0) is 20.5. The summed E-state index contributed by atoms with van der Waals surface area (Å²) < 4.78 is 39.9. The molecule has 0 bridgehead atoms. The van der Waals surface area contributed by atoms with Crippen molar-refractivity contribution in [3.05, 3.63) is 0 Å². The highest BCUT2D eigenvalue weighted by Crippen LogP contribution is 2.45. The maximum atomic E-state index is 14.3. The smallest absolute Gasteiger partial charge is 0.279 e. The van der Waals surface area contributed by atoms with E-state index in [1.54, 1.807) is 0 Å². The Morgan fingerprint density at radius 3 is 2.62 bits per heavy atom. The van der Waals surface area contributed by atoms with E-state index in [0.29, 0.717) is 31.1 Å². The van der Waals surface area contributed by atoms with Gasteiger partial charge in [0.2, 0.25) is 5.91 Å². The molecule has 1 amide bonds. The molecule has 1 aliphatic heterocycles. The Labute approximate surface area is 169 Å². The van der Waals surface area contributed by atoms with Gasteiger partial charge in [-0.2, -0.15) is 5.48 Å². The van der Waals surface area contributed by atoms with E-state index >= 15 is 0 Å². The molecule has 8 unspecified atom stereocenters. The summed E-state index contributed by atoms with van der Waals surface area (Å²) in [4.78, 5) is 17.7. The highest BCUT2D eigenvalue weighted by molar-refractivity contribution is 5.79. The number of carbonyl (C=O) groups excluding carboxylic acids is 1. The van der Waals surface area contributed by atoms with Crippen LogP contribution in [0.1, 0.15) is 51.4 Å². The van der Waals surface area contributed by atoms with E-state index in [0.717, 1.165) is 32.1 Å². The monoisotopic (exact) mass is 419 g/mol. The van der Waals surface area contributed by atoms with Gasteiger partial charge in [0, 0.05) is 12.6 Å². The van der Waals surface area contributed by atoms with E-state index in [-0.39, 0.29) is 36.6 Å². The molecule has 166 valence electrons. The van der Waals surface area contributed by atoms with Crippen LogP contribution in [-0.2, 0) is 9.63 Å². The van der Waals surface area contributed by atoms with Crippen LogP contribution in [0, 0.1) is 29.6 Å². The lowest BCUT2D eigenvalue weighted by Crippen LogP contribution is -2.48. The average molecular weight is 419 g/mol. The predicted molar refractivity (Wildman–Crippen MR) is 99.2 cm³/mol. The van der Waals surface area contributed by atoms with Crippen LogP contribution in [0.2, 0.25) is 0 Å². The molecule has 3 aliphatic carbocycles. The van der Waals surface area contributed by atoms with Gasteiger partial charge in [0.1, 0.15) is 6.17 Å². The maximum Gasteiger partial charge on any atom is 0.279 e. The third-order valence-corrected chi connectivity index (χ3v) is 7.61. The van der Waals surface area contributed by atoms with Crippen molar-refractivity contribution < 1.29 is 27.9 Å². The number of halogens is 3. The molecule has 1 saturated heterocycles. The number of rotatable bonds is 5. The zero-order valence-electron chi connectivity index (χ0n) is 16.5. The fourth-order valence-corrected chi connectivity index (χ4v) is 5.97. The average Bonchev–Trinajstić information content (AvgIpc) is 3.36. The first-order valence-corrected chi connectivity index (χ1v) is 11.0. The Bertz CT molecular complexity index is 584. The van der Waals surface area contributed by atoms with Gasteiger partial charge in [0.05, 0.1) is 12.1 Å². The summed E-state index contributed by atoms with van der Waals surface area (Å²) in [6.45, 7) is 0.00534. The van der Waals surface area contributed by atoms with Gasteiger partial charge in [-0.15, -0.1) is 0 Å². The summed E-state index contributed by atoms with van der Waals surface area (Å²) in [5, 5.41) is 15.3. The molecule has 0 aromatic heterocycles. The number of nitrogens with one attached hydrogen (secondary N) is 3. The van der Waals surface area contributed by atoms with Crippen LogP contribution >= 0.6 is 0 Å². The first kappa shape index (κ1) is 21.3. The van der Waals surface area contributed by atoms with Gasteiger partial charge < -0.3 is 10.4 Å². The normalized spacial score (nSPS) is 45.3. The Balaban J connectivity index is 1.29. The minimum absolute atomic E-state index is 0.00534. The number of aliphatic hydroxyl groups excluding tert-OH is 1. The SMILES string of the molecule is O=C(N[C@@H]1CCC2CC(C3NOC(C(F)F)N3)CCC21)C1CC(CO)CCC1F. The number of hydrogen-bond donors (Lipinski definition) is 4. The van der Waals surface area contributed by atoms with Gasteiger partial charge in [-0.1, -0.05) is 0 Å². The van der Waals surface area contributed by atoms with Crippen molar-refractivity contribution in [3.63, 3.8) is 0 Å². The number of fused-ring (bicyclic) bond motifs is 1. The second-order valence-corrected chi connectivity index (χ2v) is 9.31. The van der Waals surface area contributed by atoms with E-state index in [1.807, 2.05) is 0 Å². The van der Waals surface area contributed by atoms with E-state index in [1.165, 1.54) is 0 Å². The molecule has 4 N–H and O–H groups in total. The Hall–Kier alpha value is -0.900. The molecular formula is C20H32F3N3O3. The number of aliphatic hydroxyl groups is 1. The predicted octanol–water partition coefficient (Wildman–Crippen LogP) is 2.09. The first-order chi connectivity index (χ1) is 14.0. The molecule has 29 heavy (non-hydrogen) atoms. The summed E-state index contributed by atoms with van der Waals surface area (Å²) in [6.07, 6.45) is 0.715. The molecule has 9 atom stereocenters. The highest BCUT2D eigenvalue weighted by atomic mass is 19.3. The minimum Gasteiger partial charge on any atom is -0.396 e. The summed E-state index contributed by atoms with van der Waals surface area (Å²) in [7, 11) is 0. The van der Waals surface area contributed by atoms with E-state index in [4.69, 9.17) is 4.84 Å². The second-order valence-electron chi connectivity index (χ2n) is 9.31. The van der Waals surface area contributed by atoms with E-state index in [2.05, 4.69) is 16.1 Å². The van der Waals surface area contributed by atoms with Gasteiger partial charge in [-0.25, -0.2) is 13.2 Å². The maximum absolute atomic E-state index is 14.3. The summed E-state index contributed by atoms with van der Waals surface area (Å²) in [5.74, 6) is 0.149. The number of carbonyl (C=O) groups is 1. The van der Waals surface area contributed by atoms with Crippen LogP contribution < -0.4 is 16.1 Å². The Morgan fingerprint density at radius 1 is 1.10 bits per heavy atom.